The maximum Gasteiger partial charge on any atom is 0.256 e. The molecule has 2 rings (SSSR count). The fourth-order valence-electron chi connectivity index (χ4n) is 12.5. The number of carbonyl (C=O) groups excluding carboxylic acids is 11. The smallest absolute Gasteiger partial charge is 0.256 e. The highest BCUT2D eigenvalue weighted by molar-refractivity contribution is 8.00. The van der Waals surface area contributed by atoms with E-state index < -0.39 is 166 Å². The Balaban J connectivity index is 3.15. The van der Waals surface area contributed by atoms with Crippen LogP contribution in [0.5, 0.6) is 0 Å². The van der Waals surface area contributed by atoms with E-state index in [0.717, 1.165) is 17.7 Å². The van der Waals surface area contributed by atoms with Crippen LogP contribution in [0.1, 0.15) is 182 Å². The molecule has 1 aliphatic heterocycles. The number of thioether (sulfide) groups is 1. The first-order chi connectivity index (χ1) is 43.8. The molecule has 2 fully saturated rings. The molecule has 0 bridgehead atoms. The van der Waals surface area contributed by atoms with Crippen LogP contribution < -0.4 is 16.0 Å². The summed E-state index contributed by atoms with van der Waals surface area (Å²) in [5.74, 6) is -10.4. The second-order valence-electron chi connectivity index (χ2n) is 29.9. The molecule has 13 atom stereocenters. The zero-order chi connectivity index (χ0) is 73.4. The summed E-state index contributed by atoms with van der Waals surface area (Å²) in [4.78, 5) is 176. The molecule has 1 aliphatic carbocycles. The molecule has 544 valence electrons. The number of amides is 10. The van der Waals surface area contributed by atoms with Crippen LogP contribution in [0.25, 0.3) is 0 Å². The molecule has 2 aliphatic rings. The molecule has 0 aromatic rings. The lowest BCUT2D eigenvalue weighted by Gasteiger charge is -2.41. The number of ketones is 1. The van der Waals surface area contributed by atoms with E-state index in [4.69, 9.17) is 0 Å². The summed E-state index contributed by atoms with van der Waals surface area (Å²) in [5, 5.41) is 30.8. The third kappa shape index (κ3) is 23.2. The van der Waals surface area contributed by atoms with Gasteiger partial charge in [0.1, 0.15) is 54.4 Å². The number of allylic oxidation sites excluding steroid dienone is 2. The standard InChI is InChI=1S/C70H125N11O13S/c1-27-30-31-45(14)57(83)56-53(82)37-48(28-2)62(88)81(26)68(95-39-70(32-33-70)74(19)29-3)67(93)78(23)52(38-69(17,18)94)60(86)73-54(43(10)11)65(91)75(20)49(34-40(4)5)59(85)71-46(15)58(84)72-47(16)61(87)76(21)50(35-41(6)7)63(89)77(22)51(36-42(8)9)64(90)79(24)55(44(12)13)66(92)80(56)25/h27,30,40-52,54-57,68,83,94H,28-29,31-39H2,1-26H3,(H,71,85)(H,72,84)(H,73,86)/b30-27+/t45-,46-,47+,48+,49-,50-,51-,52+,54-,55-,56?,57-,68-/m1/s1. The lowest BCUT2D eigenvalue weighted by molar-refractivity contribution is -0.157. The number of Topliss-reactive ketones (excluding diaryl/α,β-unsaturated/α-hetero) is 1. The van der Waals surface area contributed by atoms with Gasteiger partial charge in [-0.25, -0.2) is 0 Å². The fraction of sp³-hybridized carbons (Fsp3) is 0.814. The molecule has 1 saturated carbocycles. The predicted molar refractivity (Wildman–Crippen MR) is 373 cm³/mol. The number of rotatable bonds is 20. The van der Waals surface area contributed by atoms with E-state index >= 15 is 33.6 Å². The molecule has 5 N–H and O–H groups in total. The maximum atomic E-state index is 15.5. The Bertz CT molecular complexity index is 2660. The van der Waals surface area contributed by atoms with E-state index in [1.165, 1.54) is 118 Å². The van der Waals surface area contributed by atoms with Gasteiger partial charge in [-0.05, 0) is 129 Å². The van der Waals surface area contributed by atoms with E-state index in [-0.39, 0.29) is 55.4 Å². The lowest BCUT2D eigenvalue weighted by atomic mass is 9.86. The number of hydrogen-bond acceptors (Lipinski definition) is 15. The van der Waals surface area contributed by atoms with Gasteiger partial charge in [-0.15, -0.1) is 11.8 Å². The normalized spacial score (nSPS) is 27.5. The van der Waals surface area contributed by atoms with Crippen molar-refractivity contribution in [1.29, 1.82) is 0 Å². The molecule has 1 unspecified atom stereocenters. The number of nitrogens with zero attached hydrogens (tertiary/aromatic N) is 8. The van der Waals surface area contributed by atoms with Gasteiger partial charge in [0.15, 0.2) is 11.2 Å². The third-order valence-corrected chi connectivity index (χ3v) is 20.7. The van der Waals surface area contributed by atoms with Crippen LogP contribution in [-0.2, 0) is 52.7 Å². The molecule has 10 amide bonds. The number of hydrogen-bond donors (Lipinski definition) is 5. The van der Waals surface area contributed by atoms with Gasteiger partial charge in [0.05, 0.1) is 11.7 Å². The quantitative estimate of drug-likeness (QED) is 0.100. The van der Waals surface area contributed by atoms with Crippen LogP contribution in [0.2, 0.25) is 0 Å². The van der Waals surface area contributed by atoms with Crippen LogP contribution in [0.4, 0.5) is 0 Å². The van der Waals surface area contributed by atoms with Crippen molar-refractivity contribution in [2.75, 3.05) is 68.7 Å². The molecule has 1 heterocycles. The van der Waals surface area contributed by atoms with Gasteiger partial charge in [-0.2, -0.15) is 0 Å². The lowest BCUT2D eigenvalue weighted by Crippen LogP contribution is -2.62. The molecular formula is C70H125N11O13S. The molecule has 24 nitrogen and oxygen atoms in total. The Hall–Kier alpha value is -5.66. The van der Waals surface area contributed by atoms with E-state index in [2.05, 4.69) is 20.9 Å². The maximum absolute atomic E-state index is 15.5. The molecule has 0 aromatic heterocycles. The minimum Gasteiger partial charge on any atom is -0.390 e. The highest BCUT2D eigenvalue weighted by atomic mass is 32.2. The van der Waals surface area contributed by atoms with Gasteiger partial charge in [-0.3, -0.25) is 52.7 Å². The van der Waals surface area contributed by atoms with Gasteiger partial charge in [0, 0.05) is 79.4 Å². The zero-order valence-corrected chi connectivity index (χ0v) is 63.5. The van der Waals surface area contributed by atoms with E-state index in [9.17, 15) is 29.4 Å². The fourth-order valence-corrected chi connectivity index (χ4v) is 14.1. The van der Waals surface area contributed by atoms with Crippen LogP contribution >= 0.6 is 11.8 Å². The Kier molecular flexibility index (Phi) is 33.6. The molecule has 0 spiro atoms. The molecule has 1 saturated heterocycles. The van der Waals surface area contributed by atoms with Gasteiger partial charge >= 0.3 is 0 Å². The van der Waals surface area contributed by atoms with E-state index in [1.807, 2.05) is 68.5 Å². The van der Waals surface area contributed by atoms with E-state index in [1.54, 1.807) is 47.6 Å². The zero-order valence-electron chi connectivity index (χ0n) is 62.7. The second-order valence-corrected chi connectivity index (χ2v) is 31.0. The summed E-state index contributed by atoms with van der Waals surface area (Å²) >= 11 is 1.20. The van der Waals surface area contributed by atoms with Crippen molar-refractivity contribution < 1.29 is 63.0 Å². The highest BCUT2D eigenvalue weighted by Crippen LogP contribution is 2.45. The van der Waals surface area contributed by atoms with Crippen molar-refractivity contribution in [3.05, 3.63) is 12.2 Å². The first-order valence-electron chi connectivity index (χ1n) is 34.5. The van der Waals surface area contributed by atoms with Crippen molar-refractivity contribution in [2.45, 2.75) is 259 Å². The van der Waals surface area contributed by atoms with Gasteiger partial charge < -0.3 is 65.4 Å². The number of aliphatic hydroxyl groups excluding tert-OH is 1. The topological polar surface area (TPSA) is 290 Å². The third-order valence-electron chi connectivity index (χ3n) is 19.1. The minimum absolute atomic E-state index is 0.0836. The molecule has 95 heavy (non-hydrogen) atoms. The van der Waals surface area contributed by atoms with Crippen LogP contribution in [-0.4, -0.2) is 260 Å². The molecule has 25 heteroatoms. The van der Waals surface area contributed by atoms with Crippen molar-refractivity contribution in [1.82, 2.24) is 55.1 Å². The van der Waals surface area contributed by atoms with Gasteiger partial charge in [-0.1, -0.05) is 102 Å². The van der Waals surface area contributed by atoms with Crippen LogP contribution in [0.3, 0.4) is 0 Å². The second kappa shape index (κ2) is 37.3. The predicted octanol–water partition coefficient (Wildman–Crippen LogP) is 5.02. The van der Waals surface area contributed by atoms with Crippen molar-refractivity contribution in [3.8, 4) is 0 Å². The van der Waals surface area contributed by atoms with Crippen molar-refractivity contribution >= 4 is 76.6 Å². The minimum atomic E-state index is -1.58. The average molecular weight is 1360 g/mol. The summed E-state index contributed by atoms with van der Waals surface area (Å²) in [7, 11) is 12.0. The van der Waals surface area contributed by atoms with E-state index in [0.29, 0.717) is 18.7 Å². The van der Waals surface area contributed by atoms with Crippen LogP contribution in [0.15, 0.2) is 12.2 Å². The average Bonchev–Trinajstić information content (AvgIpc) is 1.73. The number of carbonyl (C=O) groups is 11. The summed E-state index contributed by atoms with van der Waals surface area (Å²) < 4.78 is 0. The Morgan fingerprint density at radius 2 is 1.02 bits per heavy atom. The Morgan fingerprint density at radius 1 is 0.568 bits per heavy atom. The van der Waals surface area contributed by atoms with Crippen molar-refractivity contribution in [2.24, 2.45) is 41.4 Å². The molecular weight excluding hydrogens is 1230 g/mol. The molecule has 0 radical (unpaired) electrons. The summed E-state index contributed by atoms with van der Waals surface area (Å²) in [6.45, 7) is 31.9. The monoisotopic (exact) mass is 1360 g/mol. The Labute approximate surface area is 573 Å². The first kappa shape index (κ1) is 85.4. The summed E-state index contributed by atoms with van der Waals surface area (Å²) in [6, 6.07) is -11.6. The summed E-state index contributed by atoms with van der Waals surface area (Å²) in [5.41, 5.74) is -1.89. The summed E-state index contributed by atoms with van der Waals surface area (Å²) in [6.07, 6.45) is 3.79. The Morgan fingerprint density at radius 3 is 1.47 bits per heavy atom. The number of nitrogens with one attached hydrogen (secondary N) is 3. The first-order valence-corrected chi connectivity index (χ1v) is 35.5. The number of likely N-dealkylation sites (N-methyl/N-ethyl adjacent to an activating group) is 7. The largest absolute Gasteiger partial charge is 0.390 e. The van der Waals surface area contributed by atoms with Crippen molar-refractivity contribution in [3.63, 3.8) is 0 Å². The number of aliphatic hydroxyl groups is 2. The molecule has 0 aromatic carbocycles. The highest BCUT2D eigenvalue weighted by Gasteiger charge is 2.50. The van der Waals surface area contributed by atoms with Gasteiger partial charge in [0.25, 0.3) is 5.91 Å². The van der Waals surface area contributed by atoms with Crippen LogP contribution in [0, 0.1) is 41.4 Å². The SMILES string of the molecule is C/C=C/C[C@@H](C)[C@@H](O)C1C(=O)C[C@H](CC)C(=O)N(C)[C@H](SCC2(N(C)CC)CC2)C(=O)N(C)[C@@H](CC(C)(C)O)C(=O)N[C@H](C(C)C)C(=O)N(C)[C@H](CC(C)C)C(=O)N[C@H](C)C(=O)N[C@@H](C)C(=O)N(C)[C@H](CC(C)C)C(=O)N(C)[C@H](CC(C)C)C(=O)N(C)[C@H](C(C)C)C(=O)N1C. The van der Waals surface area contributed by atoms with Gasteiger partial charge in [0.2, 0.25) is 53.2 Å².